The van der Waals surface area contributed by atoms with Gasteiger partial charge in [0.15, 0.2) is 11.3 Å². The second-order valence-electron chi connectivity index (χ2n) is 8.77. The smallest absolute Gasteiger partial charge is 0.280 e. The summed E-state index contributed by atoms with van der Waals surface area (Å²) in [5, 5.41) is 9.33. The van der Waals surface area contributed by atoms with E-state index in [-0.39, 0.29) is 24.1 Å². The van der Waals surface area contributed by atoms with Crippen LogP contribution in [0.25, 0.3) is 5.52 Å². The highest BCUT2D eigenvalue weighted by molar-refractivity contribution is 6.30. The number of hydrogen-bond acceptors (Lipinski definition) is 9. The van der Waals surface area contributed by atoms with Gasteiger partial charge in [0.1, 0.15) is 12.9 Å². The largest absolute Gasteiger partial charge is 0.378 e. The molecule has 0 radical (unpaired) electrons. The first-order valence-corrected chi connectivity index (χ1v) is 11.9. The number of anilines is 1. The lowest BCUT2D eigenvalue weighted by Gasteiger charge is -2.26. The molecule has 0 bridgehead atoms. The number of morpholine rings is 1. The zero-order valence-electron chi connectivity index (χ0n) is 19.1. The van der Waals surface area contributed by atoms with E-state index >= 15 is 0 Å². The molecule has 5 heterocycles. The van der Waals surface area contributed by atoms with Crippen LogP contribution < -0.4 is 10.5 Å². The monoisotopic (exact) mass is 497 g/mol. The van der Waals surface area contributed by atoms with Crippen molar-refractivity contribution in [2.75, 3.05) is 37.8 Å². The first-order chi connectivity index (χ1) is 17.1. The molecule has 0 spiro atoms. The van der Waals surface area contributed by atoms with Gasteiger partial charge in [-0.05, 0) is 31.0 Å². The summed E-state index contributed by atoms with van der Waals surface area (Å²) in [5.74, 6) is 1.59. The number of ether oxygens (including phenoxy) is 2. The third-order valence-electron chi connectivity index (χ3n) is 6.47. The molecule has 2 fully saturated rings. The Bertz CT molecular complexity index is 1410. The summed E-state index contributed by atoms with van der Waals surface area (Å²) in [7, 11) is 0. The summed E-state index contributed by atoms with van der Waals surface area (Å²) in [6.07, 6.45) is 2.19. The lowest BCUT2D eigenvalue weighted by Crippen LogP contribution is -2.38. The summed E-state index contributed by atoms with van der Waals surface area (Å²) < 4.78 is 19.9. The number of aromatic nitrogens is 6. The molecule has 0 N–H and O–H groups in total. The van der Waals surface area contributed by atoms with Gasteiger partial charge < -0.3 is 18.9 Å². The van der Waals surface area contributed by atoms with Crippen molar-refractivity contribution in [3.8, 4) is 0 Å². The number of halogens is 1. The van der Waals surface area contributed by atoms with Crippen molar-refractivity contribution >= 4 is 23.1 Å². The van der Waals surface area contributed by atoms with Gasteiger partial charge in [0, 0.05) is 24.0 Å². The molecule has 2 aliphatic rings. The minimum atomic E-state index is -0.212. The minimum Gasteiger partial charge on any atom is -0.378 e. The first-order valence-electron chi connectivity index (χ1n) is 11.5. The molecular formula is C23H24ClN7O4. The third kappa shape index (κ3) is 4.19. The first kappa shape index (κ1) is 22.2. The maximum absolute atomic E-state index is 13.2. The van der Waals surface area contributed by atoms with Crippen LogP contribution in [-0.2, 0) is 16.0 Å². The molecule has 0 unspecified atom stereocenters. The molecule has 6 rings (SSSR count). The van der Waals surface area contributed by atoms with E-state index in [4.69, 9.17) is 25.6 Å². The van der Waals surface area contributed by atoms with Crippen LogP contribution in [0.3, 0.4) is 0 Å². The molecule has 2 atom stereocenters. The van der Waals surface area contributed by atoms with E-state index in [0.717, 1.165) is 12.0 Å². The normalized spacial score (nSPS) is 20.7. The Labute approximate surface area is 205 Å². The lowest BCUT2D eigenvalue weighted by molar-refractivity contribution is 0.110. The average molecular weight is 498 g/mol. The molecule has 182 valence electrons. The van der Waals surface area contributed by atoms with Crippen LogP contribution >= 0.6 is 11.6 Å². The summed E-state index contributed by atoms with van der Waals surface area (Å²) in [6.45, 7) is 5.10. The second-order valence-corrected chi connectivity index (χ2v) is 9.21. The van der Waals surface area contributed by atoms with Gasteiger partial charge in [-0.3, -0.25) is 9.36 Å². The van der Waals surface area contributed by atoms with E-state index in [1.165, 1.54) is 10.9 Å². The number of rotatable bonds is 5. The number of benzene rings is 1. The predicted molar refractivity (Wildman–Crippen MR) is 126 cm³/mol. The van der Waals surface area contributed by atoms with Crippen molar-refractivity contribution < 1.29 is 14.0 Å². The van der Waals surface area contributed by atoms with Crippen LogP contribution in [0.5, 0.6) is 0 Å². The molecule has 4 aromatic rings. The molecule has 11 nitrogen and oxygen atoms in total. The number of hydrogen-bond donors (Lipinski definition) is 0. The SMILES string of the molecule is Cc1nc(N2CCOCC2)n2ncn(Cc3nc([C@@H]4CO[C@@H](c5ccc(Cl)cc5)C4)no3)c(=O)c12. The molecule has 1 aromatic carbocycles. The fraction of sp³-hybridized carbons (Fsp3) is 0.435. The summed E-state index contributed by atoms with van der Waals surface area (Å²) >= 11 is 5.99. The number of nitrogens with zero attached hydrogens (tertiary/aromatic N) is 7. The van der Waals surface area contributed by atoms with Gasteiger partial charge in [0.2, 0.25) is 11.8 Å². The van der Waals surface area contributed by atoms with E-state index < -0.39 is 0 Å². The van der Waals surface area contributed by atoms with Gasteiger partial charge in [-0.1, -0.05) is 28.9 Å². The Morgan fingerprint density at radius 1 is 1.14 bits per heavy atom. The maximum atomic E-state index is 13.2. The zero-order chi connectivity index (χ0) is 23.9. The number of imidazole rings is 1. The summed E-state index contributed by atoms with van der Waals surface area (Å²) in [5.41, 5.74) is 1.92. The summed E-state index contributed by atoms with van der Waals surface area (Å²) in [4.78, 5) is 24.5. The maximum Gasteiger partial charge on any atom is 0.280 e. The minimum absolute atomic E-state index is 0.0126. The quantitative estimate of drug-likeness (QED) is 0.410. The zero-order valence-corrected chi connectivity index (χ0v) is 19.9. The van der Waals surface area contributed by atoms with Crippen LogP contribution in [0, 0.1) is 6.92 Å². The fourth-order valence-corrected chi connectivity index (χ4v) is 4.73. The van der Waals surface area contributed by atoms with Gasteiger partial charge in [-0.25, -0.2) is 4.98 Å². The van der Waals surface area contributed by atoms with E-state index in [0.29, 0.717) is 66.8 Å². The van der Waals surface area contributed by atoms with E-state index in [9.17, 15) is 4.79 Å². The van der Waals surface area contributed by atoms with Crippen molar-refractivity contribution in [3.63, 3.8) is 0 Å². The van der Waals surface area contributed by atoms with Crippen LogP contribution in [0.4, 0.5) is 5.95 Å². The van der Waals surface area contributed by atoms with Gasteiger partial charge in [-0.15, -0.1) is 0 Å². The van der Waals surface area contributed by atoms with Gasteiger partial charge in [0.25, 0.3) is 5.56 Å². The molecule has 2 aliphatic heterocycles. The Kier molecular flexibility index (Phi) is 5.75. The van der Waals surface area contributed by atoms with E-state index in [1.54, 1.807) is 4.52 Å². The molecule has 0 amide bonds. The Balaban J connectivity index is 1.20. The fourth-order valence-electron chi connectivity index (χ4n) is 4.60. The van der Waals surface area contributed by atoms with Crippen molar-refractivity contribution in [1.29, 1.82) is 0 Å². The highest BCUT2D eigenvalue weighted by Gasteiger charge is 2.31. The molecule has 0 saturated carbocycles. The van der Waals surface area contributed by atoms with Crippen molar-refractivity contribution in [3.05, 3.63) is 68.9 Å². The van der Waals surface area contributed by atoms with Crippen molar-refractivity contribution in [2.45, 2.75) is 31.9 Å². The van der Waals surface area contributed by atoms with Crippen LogP contribution in [-0.4, -0.2) is 62.2 Å². The Morgan fingerprint density at radius 3 is 2.74 bits per heavy atom. The lowest BCUT2D eigenvalue weighted by atomic mass is 10.0. The second kappa shape index (κ2) is 9.06. The molecule has 12 heteroatoms. The summed E-state index contributed by atoms with van der Waals surface area (Å²) in [6, 6.07) is 7.65. The number of aryl methyl sites for hydroxylation is 1. The molecule has 3 aromatic heterocycles. The van der Waals surface area contributed by atoms with E-state index in [2.05, 4.69) is 25.1 Å². The Morgan fingerprint density at radius 2 is 1.94 bits per heavy atom. The topological polar surface area (TPSA) is 113 Å². The third-order valence-corrected chi connectivity index (χ3v) is 6.72. The van der Waals surface area contributed by atoms with Gasteiger partial charge in [0.05, 0.1) is 31.6 Å². The Hall–Kier alpha value is -3.28. The van der Waals surface area contributed by atoms with Crippen LogP contribution in [0.1, 0.15) is 41.4 Å². The standard InChI is InChI=1S/C23H24ClN7O4/c1-14-20-22(32)30(13-25-31(20)23(26-14)29-6-8-33-9-7-29)11-19-27-21(28-35-19)16-10-18(34-12-16)15-2-4-17(24)5-3-15/h2-5,13,16,18H,6-12H2,1H3/t16-,18+/m0/s1. The predicted octanol–water partition coefficient (Wildman–Crippen LogP) is 2.37. The van der Waals surface area contributed by atoms with Crippen molar-refractivity contribution in [2.24, 2.45) is 0 Å². The molecular weight excluding hydrogens is 474 g/mol. The number of fused-ring (bicyclic) bond motifs is 1. The average Bonchev–Trinajstić information content (AvgIpc) is 3.61. The van der Waals surface area contributed by atoms with Crippen LogP contribution in [0.15, 0.2) is 39.9 Å². The molecule has 35 heavy (non-hydrogen) atoms. The highest BCUT2D eigenvalue weighted by atomic mass is 35.5. The molecule has 2 saturated heterocycles. The van der Waals surface area contributed by atoms with E-state index in [1.807, 2.05) is 31.2 Å². The van der Waals surface area contributed by atoms with Gasteiger partial charge >= 0.3 is 0 Å². The van der Waals surface area contributed by atoms with Crippen LogP contribution in [0.2, 0.25) is 5.02 Å². The molecule has 0 aliphatic carbocycles. The van der Waals surface area contributed by atoms with Gasteiger partial charge in [-0.2, -0.15) is 14.6 Å². The highest BCUT2D eigenvalue weighted by Crippen LogP contribution is 2.37. The van der Waals surface area contributed by atoms with Crippen molar-refractivity contribution in [1.82, 2.24) is 29.3 Å².